The van der Waals surface area contributed by atoms with E-state index in [-0.39, 0.29) is 0 Å². The Morgan fingerprint density at radius 1 is 1.33 bits per heavy atom. The Kier molecular flexibility index (Phi) is 4.31. The molecule has 1 aliphatic rings. The molecule has 0 spiro atoms. The molecule has 1 aliphatic heterocycles. The molecule has 1 aromatic rings. The van der Waals surface area contributed by atoms with Crippen LogP contribution in [0.4, 0.5) is 5.69 Å². The number of nitrogens with zero attached hydrogens (tertiary/aromatic N) is 1. The lowest BCUT2D eigenvalue weighted by Crippen LogP contribution is -2.30. The average Bonchev–Trinajstić information content (AvgIpc) is 2.85. The van der Waals surface area contributed by atoms with Crippen LogP contribution in [0.25, 0.3) is 0 Å². The highest BCUT2D eigenvalue weighted by Gasteiger charge is 2.16. The zero-order valence-corrected chi connectivity index (χ0v) is 11.4. The topological polar surface area (TPSA) is 33.7 Å². The summed E-state index contributed by atoms with van der Waals surface area (Å²) in [7, 11) is 4.12. The van der Waals surface area contributed by atoms with E-state index in [9.17, 15) is 0 Å². The summed E-state index contributed by atoms with van der Waals surface area (Å²) < 4.78 is 10.7. The van der Waals surface area contributed by atoms with Gasteiger partial charge in [0.1, 0.15) is 0 Å². The van der Waals surface area contributed by atoms with E-state index in [0.29, 0.717) is 12.7 Å². The molecule has 0 saturated heterocycles. The van der Waals surface area contributed by atoms with E-state index >= 15 is 0 Å². The van der Waals surface area contributed by atoms with Crippen molar-refractivity contribution in [2.75, 3.05) is 38.9 Å². The molecule has 0 amide bonds. The van der Waals surface area contributed by atoms with Gasteiger partial charge < -0.3 is 19.7 Å². The molecule has 1 N–H and O–H groups in total. The van der Waals surface area contributed by atoms with Crippen LogP contribution in [0, 0.1) is 5.92 Å². The zero-order chi connectivity index (χ0) is 13.0. The highest BCUT2D eigenvalue weighted by atomic mass is 16.7. The molecule has 18 heavy (non-hydrogen) atoms. The molecule has 1 unspecified atom stereocenters. The summed E-state index contributed by atoms with van der Waals surface area (Å²) in [6, 6.07) is 6.11. The van der Waals surface area contributed by atoms with Crippen molar-refractivity contribution in [3.05, 3.63) is 18.2 Å². The molecule has 1 heterocycles. The maximum absolute atomic E-state index is 5.41. The van der Waals surface area contributed by atoms with Gasteiger partial charge in [-0.3, -0.25) is 0 Å². The molecule has 0 bridgehead atoms. The van der Waals surface area contributed by atoms with Crippen LogP contribution in [0.2, 0.25) is 0 Å². The zero-order valence-electron chi connectivity index (χ0n) is 11.4. The molecule has 0 aliphatic carbocycles. The molecule has 0 saturated carbocycles. The van der Waals surface area contributed by atoms with Crippen molar-refractivity contribution in [3.8, 4) is 11.5 Å². The number of rotatable bonds is 6. The van der Waals surface area contributed by atoms with Gasteiger partial charge in [-0.25, -0.2) is 0 Å². The van der Waals surface area contributed by atoms with Gasteiger partial charge >= 0.3 is 0 Å². The highest BCUT2D eigenvalue weighted by molar-refractivity contribution is 5.56. The van der Waals surface area contributed by atoms with Crippen molar-refractivity contribution < 1.29 is 9.47 Å². The van der Waals surface area contributed by atoms with E-state index in [4.69, 9.17) is 9.47 Å². The smallest absolute Gasteiger partial charge is 0.231 e. The van der Waals surface area contributed by atoms with Gasteiger partial charge in [0, 0.05) is 25.3 Å². The molecule has 1 aromatic carbocycles. The van der Waals surface area contributed by atoms with E-state index in [1.807, 2.05) is 13.1 Å². The monoisotopic (exact) mass is 250 g/mol. The van der Waals surface area contributed by atoms with E-state index < -0.39 is 0 Å². The first-order valence-corrected chi connectivity index (χ1v) is 6.50. The highest BCUT2D eigenvalue weighted by Crippen LogP contribution is 2.35. The number of hydrogen-bond donors (Lipinski definition) is 1. The van der Waals surface area contributed by atoms with Crippen molar-refractivity contribution in [2.24, 2.45) is 5.92 Å². The largest absolute Gasteiger partial charge is 0.454 e. The third kappa shape index (κ3) is 2.88. The predicted molar refractivity (Wildman–Crippen MR) is 73.5 cm³/mol. The van der Waals surface area contributed by atoms with Crippen LogP contribution in [-0.2, 0) is 0 Å². The Morgan fingerprint density at radius 2 is 2.11 bits per heavy atom. The summed E-state index contributed by atoms with van der Waals surface area (Å²) in [5, 5.41) is 3.25. The molecular formula is C14H22N2O2. The second-order valence-electron chi connectivity index (χ2n) is 4.75. The molecule has 0 aromatic heterocycles. The fraction of sp³-hybridized carbons (Fsp3) is 0.571. The van der Waals surface area contributed by atoms with Crippen LogP contribution in [0.15, 0.2) is 18.2 Å². The Balaban J connectivity index is 2.02. The van der Waals surface area contributed by atoms with Crippen LogP contribution < -0.4 is 19.7 Å². The third-order valence-corrected chi connectivity index (χ3v) is 3.40. The molecule has 2 rings (SSSR count). The van der Waals surface area contributed by atoms with Crippen molar-refractivity contribution >= 4 is 5.69 Å². The molecule has 100 valence electrons. The van der Waals surface area contributed by atoms with E-state index in [0.717, 1.165) is 24.6 Å². The molecular weight excluding hydrogens is 228 g/mol. The SMILES string of the molecule is CCC(CNC)CN(C)c1ccc2c(c1)OCO2. The quantitative estimate of drug-likeness (QED) is 0.838. The fourth-order valence-electron chi connectivity index (χ4n) is 2.24. The number of hydrogen-bond acceptors (Lipinski definition) is 4. The molecule has 4 nitrogen and oxygen atoms in total. The minimum atomic E-state index is 0.333. The first-order chi connectivity index (χ1) is 8.74. The van der Waals surface area contributed by atoms with Gasteiger partial charge in [-0.05, 0) is 31.6 Å². The maximum Gasteiger partial charge on any atom is 0.231 e. The Hall–Kier alpha value is -1.42. The average molecular weight is 250 g/mol. The Bertz CT molecular complexity index is 395. The third-order valence-electron chi connectivity index (χ3n) is 3.40. The maximum atomic E-state index is 5.41. The summed E-state index contributed by atoms with van der Waals surface area (Å²) in [6.45, 7) is 4.65. The van der Waals surface area contributed by atoms with E-state index in [2.05, 4.69) is 36.3 Å². The van der Waals surface area contributed by atoms with Gasteiger partial charge in [0.2, 0.25) is 6.79 Å². The van der Waals surface area contributed by atoms with Crippen molar-refractivity contribution in [3.63, 3.8) is 0 Å². The lowest BCUT2D eigenvalue weighted by molar-refractivity contribution is 0.174. The van der Waals surface area contributed by atoms with E-state index in [1.165, 1.54) is 12.1 Å². The van der Waals surface area contributed by atoms with Gasteiger partial charge in [0.05, 0.1) is 0 Å². The first-order valence-electron chi connectivity index (χ1n) is 6.50. The lowest BCUT2D eigenvalue weighted by Gasteiger charge is -2.25. The number of nitrogens with one attached hydrogen (secondary N) is 1. The summed E-state index contributed by atoms with van der Waals surface area (Å²) in [5.41, 5.74) is 1.17. The van der Waals surface area contributed by atoms with Crippen molar-refractivity contribution in [1.82, 2.24) is 5.32 Å². The molecule has 0 radical (unpaired) electrons. The van der Waals surface area contributed by atoms with Gasteiger partial charge in [-0.1, -0.05) is 13.3 Å². The van der Waals surface area contributed by atoms with Crippen LogP contribution in [0.5, 0.6) is 11.5 Å². The number of ether oxygens (including phenoxy) is 2. The summed E-state index contributed by atoms with van der Waals surface area (Å²) in [6.07, 6.45) is 1.18. The predicted octanol–water partition coefficient (Wildman–Crippen LogP) is 2.10. The molecule has 0 fully saturated rings. The number of anilines is 1. The van der Waals surface area contributed by atoms with Crippen LogP contribution in [0.3, 0.4) is 0 Å². The first kappa shape index (κ1) is 13.0. The minimum absolute atomic E-state index is 0.333. The lowest BCUT2D eigenvalue weighted by atomic mass is 10.1. The van der Waals surface area contributed by atoms with E-state index in [1.54, 1.807) is 0 Å². The minimum Gasteiger partial charge on any atom is -0.454 e. The molecule has 1 atom stereocenters. The number of benzene rings is 1. The second-order valence-corrected chi connectivity index (χ2v) is 4.75. The fourth-order valence-corrected chi connectivity index (χ4v) is 2.24. The van der Waals surface area contributed by atoms with Gasteiger partial charge in [-0.15, -0.1) is 0 Å². The van der Waals surface area contributed by atoms with Crippen molar-refractivity contribution in [2.45, 2.75) is 13.3 Å². The summed E-state index contributed by atoms with van der Waals surface area (Å²) >= 11 is 0. The second kappa shape index (κ2) is 5.96. The standard InChI is InChI=1S/C14H22N2O2/c1-4-11(8-15-2)9-16(3)12-5-6-13-14(7-12)18-10-17-13/h5-7,11,15H,4,8-10H2,1-3H3. The normalized spacial score (nSPS) is 14.6. The molecule has 4 heteroatoms. The van der Waals surface area contributed by atoms with Gasteiger partial charge in [0.15, 0.2) is 11.5 Å². The Morgan fingerprint density at radius 3 is 2.83 bits per heavy atom. The summed E-state index contributed by atoms with van der Waals surface area (Å²) in [5.74, 6) is 2.35. The van der Waals surface area contributed by atoms with Gasteiger partial charge in [0.25, 0.3) is 0 Å². The van der Waals surface area contributed by atoms with Crippen LogP contribution >= 0.6 is 0 Å². The number of fused-ring (bicyclic) bond motifs is 1. The van der Waals surface area contributed by atoms with Crippen molar-refractivity contribution in [1.29, 1.82) is 0 Å². The Labute approximate surface area is 109 Å². The summed E-state index contributed by atoms with van der Waals surface area (Å²) in [4.78, 5) is 2.27. The van der Waals surface area contributed by atoms with Gasteiger partial charge in [-0.2, -0.15) is 0 Å². The van der Waals surface area contributed by atoms with Crippen LogP contribution in [-0.4, -0.2) is 34.0 Å². The van der Waals surface area contributed by atoms with Crippen LogP contribution in [0.1, 0.15) is 13.3 Å².